The fourth-order valence-electron chi connectivity index (χ4n) is 4.24. The molecule has 2 saturated heterocycles. The highest BCUT2D eigenvalue weighted by atomic mass is 16.2. The van der Waals surface area contributed by atoms with Crippen molar-refractivity contribution in [3.05, 3.63) is 66.4 Å². The molecule has 2 fully saturated rings. The van der Waals surface area contributed by atoms with Gasteiger partial charge in [0.05, 0.1) is 6.04 Å². The topological polar surface area (TPSA) is 42.6 Å². The predicted octanol–water partition coefficient (Wildman–Crippen LogP) is 3.29. The van der Waals surface area contributed by atoms with Crippen LogP contribution >= 0.6 is 0 Å². The zero-order valence-electron chi connectivity index (χ0n) is 14.6. The third-order valence-corrected chi connectivity index (χ3v) is 5.57. The minimum Gasteiger partial charge on any atom is -0.361 e. The van der Waals surface area contributed by atoms with Crippen LogP contribution in [0.4, 0.5) is 10.5 Å². The molecule has 0 bridgehead atoms. The second kappa shape index (κ2) is 6.18. The van der Waals surface area contributed by atoms with E-state index in [0.29, 0.717) is 0 Å². The maximum Gasteiger partial charge on any atom is 0.324 e. The van der Waals surface area contributed by atoms with Gasteiger partial charge >= 0.3 is 6.03 Å². The van der Waals surface area contributed by atoms with Crippen LogP contribution in [-0.4, -0.2) is 53.0 Å². The molecule has 1 atom stereocenters. The number of hydrogen-bond acceptors (Lipinski definition) is 2. The number of piperazine rings is 1. The van der Waals surface area contributed by atoms with Gasteiger partial charge in [-0.05, 0) is 23.8 Å². The minimum absolute atomic E-state index is 0.146. The number of carbonyl (C=O) groups excluding carboxylic acids is 1. The summed E-state index contributed by atoms with van der Waals surface area (Å²) in [5, 5.41) is 1.29. The summed E-state index contributed by atoms with van der Waals surface area (Å²) in [5.41, 5.74) is 3.51. The van der Waals surface area contributed by atoms with Crippen molar-refractivity contribution in [1.29, 1.82) is 0 Å². The van der Waals surface area contributed by atoms with E-state index in [9.17, 15) is 4.79 Å². The van der Waals surface area contributed by atoms with Crippen molar-refractivity contribution < 1.29 is 4.79 Å². The first-order chi connectivity index (χ1) is 12.8. The molecular formula is C21H22N4O. The number of nitrogens with zero attached hydrogens (tertiary/aromatic N) is 3. The van der Waals surface area contributed by atoms with Crippen molar-refractivity contribution in [3.8, 4) is 0 Å². The van der Waals surface area contributed by atoms with E-state index in [1.54, 1.807) is 0 Å². The number of rotatable bonds is 3. The molecule has 5 nitrogen and oxygen atoms in total. The number of benzene rings is 2. The van der Waals surface area contributed by atoms with Crippen molar-refractivity contribution in [1.82, 2.24) is 14.8 Å². The molecule has 2 aliphatic rings. The maximum atomic E-state index is 12.8. The van der Waals surface area contributed by atoms with Crippen molar-refractivity contribution in [2.24, 2.45) is 0 Å². The average Bonchev–Trinajstić information content (AvgIpc) is 3.24. The molecule has 2 aliphatic heterocycles. The van der Waals surface area contributed by atoms with E-state index in [4.69, 9.17) is 0 Å². The number of urea groups is 1. The smallest absolute Gasteiger partial charge is 0.324 e. The van der Waals surface area contributed by atoms with Crippen LogP contribution in [-0.2, 0) is 6.54 Å². The highest BCUT2D eigenvalue weighted by Crippen LogP contribution is 2.27. The molecule has 1 aromatic heterocycles. The maximum absolute atomic E-state index is 12.8. The summed E-state index contributed by atoms with van der Waals surface area (Å²) in [6.45, 7) is 4.34. The Morgan fingerprint density at radius 2 is 1.77 bits per heavy atom. The average molecular weight is 346 g/mol. The Morgan fingerprint density at radius 1 is 0.962 bits per heavy atom. The van der Waals surface area contributed by atoms with E-state index in [1.165, 1.54) is 16.5 Å². The number of para-hydroxylation sites is 2. The lowest BCUT2D eigenvalue weighted by atomic mass is 10.1. The van der Waals surface area contributed by atoms with Crippen molar-refractivity contribution >= 4 is 22.6 Å². The molecule has 2 aromatic carbocycles. The van der Waals surface area contributed by atoms with Gasteiger partial charge in [0.15, 0.2) is 0 Å². The number of carbonyl (C=O) groups is 1. The molecule has 0 aliphatic carbocycles. The molecule has 5 rings (SSSR count). The molecule has 0 radical (unpaired) electrons. The van der Waals surface area contributed by atoms with Gasteiger partial charge in [-0.2, -0.15) is 0 Å². The van der Waals surface area contributed by atoms with E-state index in [1.807, 2.05) is 40.1 Å². The van der Waals surface area contributed by atoms with Gasteiger partial charge in [0.1, 0.15) is 0 Å². The number of fused-ring (bicyclic) bond motifs is 2. The van der Waals surface area contributed by atoms with E-state index >= 15 is 0 Å². The summed E-state index contributed by atoms with van der Waals surface area (Å²) < 4.78 is 0. The minimum atomic E-state index is 0.146. The summed E-state index contributed by atoms with van der Waals surface area (Å²) >= 11 is 0. The molecule has 26 heavy (non-hydrogen) atoms. The number of aromatic nitrogens is 1. The highest BCUT2D eigenvalue weighted by Gasteiger charge is 2.41. The lowest BCUT2D eigenvalue weighted by molar-refractivity contribution is 0.117. The first-order valence-corrected chi connectivity index (χ1v) is 9.20. The van der Waals surface area contributed by atoms with E-state index in [0.717, 1.165) is 38.4 Å². The van der Waals surface area contributed by atoms with E-state index in [-0.39, 0.29) is 12.1 Å². The second-order valence-corrected chi connectivity index (χ2v) is 7.17. The Kier molecular flexibility index (Phi) is 3.68. The standard InChI is InChI=1S/C21H22N4O/c26-21-24-11-10-23(13-16-12-22-20-9-5-4-8-19(16)20)14-18(24)15-25(21)17-6-2-1-3-7-17/h1-9,12,18,22H,10-11,13-15H2. The molecular weight excluding hydrogens is 324 g/mol. The normalized spacial score (nSPS) is 20.8. The quantitative estimate of drug-likeness (QED) is 0.791. The van der Waals surface area contributed by atoms with Crippen molar-refractivity contribution in [3.63, 3.8) is 0 Å². The number of amides is 2. The zero-order chi connectivity index (χ0) is 17.5. The van der Waals surface area contributed by atoms with Crippen LogP contribution in [0.25, 0.3) is 10.9 Å². The fraction of sp³-hybridized carbons (Fsp3) is 0.286. The monoisotopic (exact) mass is 346 g/mol. The third-order valence-electron chi connectivity index (χ3n) is 5.57. The third kappa shape index (κ3) is 2.56. The second-order valence-electron chi connectivity index (χ2n) is 7.17. The lowest BCUT2D eigenvalue weighted by Crippen LogP contribution is -2.51. The SMILES string of the molecule is O=C1N(c2ccccc2)CC2CN(Cc3c[nH]c4ccccc34)CCN12. The molecule has 3 aromatic rings. The zero-order valence-corrected chi connectivity index (χ0v) is 14.6. The molecule has 132 valence electrons. The highest BCUT2D eigenvalue weighted by molar-refractivity contribution is 5.94. The van der Waals surface area contributed by atoms with Crippen LogP contribution in [0.5, 0.6) is 0 Å². The molecule has 1 unspecified atom stereocenters. The van der Waals surface area contributed by atoms with Crippen LogP contribution in [0.1, 0.15) is 5.56 Å². The number of H-pyrrole nitrogens is 1. The van der Waals surface area contributed by atoms with Crippen LogP contribution in [0.15, 0.2) is 60.8 Å². The van der Waals surface area contributed by atoms with Gasteiger partial charge in [0, 0.05) is 55.5 Å². The van der Waals surface area contributed by atoms with Crippen LogP contribution in [0.2, 0.25) is 0 Å². The first-order valence-electron chi connectivity index (χ1n) is 9.20. The largest absolute Gasteiger partial charge is 0.361 e. The van der Waals surface area contributed by atoms with E-state index in [2.05, 4.69) is 40.3 Å². The van der Waals surface area contributed by atoms with Crippen LogP contribution in [0, 0.1) is 0 Å². The summed E-state index contributed by atoms with van der Waals surface area (Å²) in [6.07, 6.45) is 2.12. The van der Waals surface area contributed by atoms with Gasteiger partial charge in [-0.15, -0.1) is 0 Å². The molecule has 0 saturated carbocycles. The van der Waals surface area contributed by atoms with Gasteiger partial charge in [-0.3, -0.25) is 9.80 Å². The Morgan fingerprint density at radius 3 is 2.65 bits per heavy atom. The van der Waals surface area contributed by atoms with Crippen molar-refractivity contribution in [2.45, 2.75) is 12.6 Å². The van der Waals surface area contributed by atoms with E-state index < -0.39 is 0 Å². The Balaban J connectivity index is 1.32. The van der Waals surface area contributed by atoms with Crippen molar-refractivity contribution in [2.75, 3.05) is 31.1 Å². The van der Waals surface area contributed by atoms with Gasteiger partial charge < -0.3 is 9.88 Å². The van der Waals surface area contributed by atoms with Gasteiger partial charge in [-0.25, -0.2) is 4.79 Å². The number of hydrogen-bond donors (Lipinski definition) is 1. The summed E-state index contributed by atoms with van der Waals surface area (Å²) in [5.74, 6) is 0. The van der Waals surface area contributed by atoms with Gasteiger partial charge in [-0.1, -0.05) is 36.4 Å². The fourth-order valence-corrected chi connectivity index (χ4v) is 4.24. The molecule has 5 heteroatoms. The van der Waals surface area contributed by atoms with Crippen LogP contribution < -0.4 is 4.90 Å². The Labute approximate surface area is 152 Å². The number of aromatic amines is 1. The molecule has 3 heterocycles. The van der Waals surface area contributed by atoms with Crippen LogP contribution in [0.3, 0.4) is 0 Å². The summed E-state index contributed by atoms with van der Waals surface area (Å²) in [7, 11) is 0. The lowest BCUT2D eigenvalue weighted by Gasteiger charge is -2.36. The Hall–Kier alpha value is -2.79. The Bertz CT molecular complexity index is 935. The first kappa shape index (κ1) is 15.5. The molecule has 1 N–H and O–H groups in total. The number of nitrogens with one attached hydrogen (secondary N) is 1. The predicted molar refractivity (Wildman–Crippen MR) is 103 cm³/mol. The summed E-state index contributed by atoms with van der Waals surface area (Å²) in [6, 6.07) is 18.8. The van der Waals surface area contributed by atoms with Gasteiger partial charge in [0.25, 0.3) is 0 Å². The molecule has 2 amide bonds. The van der Waals surface area contributed by atoms with Gasteiger partial charge in [0.2, 0.25) is 0 Å². The number of anilines is 1. The molecule has 0 spiro atoms. The summed E-state index contributed by atoms with van der Waals surface area (Å²) in [4.78, 5) is 22.6.